The number of hydrogen-bond donors (Lipinski definition) is 3. The molecule has 2 aromatic carbocycles. The van der Waals surface area contributed by atoms with Gasteiger partial charge in [-0.05, 0) is 30.7 Å². The lowest BCUT2D eigenvalue weighted by Crippen LogP contribution is -2.36. The molecule has 4 rings (SSSR count). The van der Waals surface area contributed by atoms with Gasteiger partial charge in [0, 0.05) is 22.9 Å². The maximum Gasteiger partial charge on any atom is 0.257 e. The molecule has 1 aromatic heterocycles. The van der Waals surface area contributed by atoms with Crippen molar-refractivity contribution in [1.82, 2.24) is 9.97 Å². The van der Waals surface area contributed by atoms with Crippen LogP contribution < -0.4 is 16.2 Å². The van der Waals surface area contributed by atoms with Crippen molar-refractivity contribution in [2.45, 2.75) is 30.2 Å². The fourth-order valence-corrected chi connectivity index (χ4v) is 4.28. The Morgan fingerprint density at radius 2 is 2.00 bits per heavy atom. The molecule has 0 saturated heterocycles. The number of rotatable bonds is 5. The van der Waals surface area contributed by atoms with E-state index in [0.717, 1.165) is 5.56 Å². The number of carbonyl (C=O) groups excluding carboxylic acids is 2. The summed E-state index contributed by atoms with van der Waals surface area (Å²) >= 11 is 7.31. The van der Waals surface area contributed by atoms with E-state index < -0.39 is 17.4 Å². The van der Waals surface area contributed by atoms with Crippen LogP contribution in [-0.2, 0) is 15.3 Å². The number of fused-ring (bicyclic) bond motifs is 1. The van der Waals surface area contributed by atoms with Crippen LogP contribution >= 0.6 is 23.4 Å². The van der Waals surface area contributed by atoms with E-state index in [1.54, 1.807) is 24.3 Å². The number of hydrogen-bond acceptors (Lipinski definition) is 5. The smallest absolute Gasteiger partial charge is 0.257 e. The summed E-state index contributed by atoms with van der Waals surface area (Å²) in [6.07, 6.45) is -0.139. The van der Waals surface area contributed by atoms with Crippen molar-refractivity contribution in [3.05, 3.63) is 80.6 Å². The molecule has 2 amide bonds. The van der Waals surface area contributed by atoms with E-state index in [4.69, 9.17) is 11.6 Å². The first-order chi connectivity index (χ1) is 14.9. The van der Waals surface area contributed by atoms with Crippen molar-refractivity contribution in [1.29, 1.82) is 0 Å². The second kappa shape index (κ2) is 8.95. The fraction of sp³-hybridized carbons (Fsp3) is 0.182. The van der Waals surface area contributed by atoms with Crippen LogP contribution in [0.1, 0.15) is 29.0 Å². The average Bonchev–Trinajstić information content (AvgIpc) is 2.72. The minimum absolute atomic E-state index is 0.123. The van der Waals surface area contributed by atoms with Gasteiger partial charge >= 0.3 is 0 Å². The number of H-pyrrole nitrogens is 1. The van der Waals surface area contributed by atoms with Gasteiger partial charge in [0.1, 0.15) is 5.82 Å². The van der Waals surface area contributed by atoms with Gasteiger partial charge in [-0.15, -0.1) is 0 Å². The Kier molecular flexibility index (Phi) is 6.11. The molecule has 3 N–H and O–H groups in total. The number of thioether (sulfide) groups is 1. The Hall–Kier alpha value is -3.10. The third-order valence-corrected chi connectivity index (χ3v) is 6.01. The highest BCUT2D eigenvalue weighted by Gasteiger charge is 2.34. The molecule has 0 saturated carbocycles. The summed E-state index contributed by atoms with van der Waals surface area (Å²) in [5.74, 6) is -1.06. The van der Waals surface area contributed by atoms with Crippen LogP contribution in [0, 0.1) is 6.92 Å². The number of benzene rings is 2. The van der Waals surface area contributed by atoms with Gasteiger partial charge in [0.25, 0.3) is 5.56 Å². The van der Waals surface area contributed by atoms with Gasteiger partial charge in [-0.3, -0.25) is 14.4 Å². The van der Waals surface area contributed by atoms with Gasteiger partial charge in [0.2, 0.25) is 11.8 Å². The van der Waals surface area contributed by atoms with E-state index in [-0.39, 0.29) is 23.7 Å². The van der Waals surface area contributed by atoms with Crippen molar-refractivity contribution in [2.75, 3.05) is 10.6 Å². The Bertz CT molecular complexity index is 1210. The predicted molar refractivity (Wildman–Crippen MR) is 122 cm³/mol. The summed E-state index contributed by atoms with van der Waals surface area (Å²) in [6, 6.07) is 14.7. The first-order valence-electron chi connectivity index (χ1n) is 9.58. The number of aromatic amines is 1. The Balaban J connectivity index is 1.57. The largest absolute Gasteiger partial charge is 0.325 e. The molecule has 2 heterocycles. The third kappa shape index (κ3) is 4.98. The number of halogens is 1. The lowest BCUT2D eigenvalue weighted by Gasteiger charge is -2.23. The van der Waals surface area contributed by atoms with Crippen LogP contribution in [0.2, 0.25) is 5.02 Å². The van der Waals surface area contributed by atoms with Gasteiger partial charge < -0.3 is 15.6 Å². The van der Waals surface area contributed by atoms with Gasteiger partial charge in [0.05, 0.1) is 11.5 Å². The molecule has 3 aromatic rings. The van der Waals surface area contributed by atoms with Crippen LogP contribution in [0.3, 0.4) is 0 Å². The number of anilines is 2. The maximum atomic E-state index is 12.8. The van der Waals surface area contributed by atoms with Crippen LogP contribution in [0.15, 0.2) is 58.5 Å². The van der Waals surface area contributed by atoms with E-state index >= 15 is 0 Å². The highest BCUT2D eigenvalue weighted by molar-refractivity contribution is 7.98. The van der Waals surface area contributed by atoms with Crippen molar-refractivity contribution < 1.29 is 9.59 Å². The van der Waals surface area contributed by atoms with Gasteiger partial charge in [0.15, 0.2) is 5.16 Å². The molecule has 1 unspecified atom stereocenters. The summed E-state index contributed by atoms with van der Waals surface area (Å²) in [5.41, 5.74) is 2.44. The highest BCUT2D eigenvalue weighted by atomic mass is 35.5. The minimum Gasteiger partial charge on any atom is -0.325 e. The molecule has 1 atom stereocenters. The molecule has 1 aliphatic heterocycles. The molecular formula is C22H19ClN4O3S. The molecule has 1 aliphatic rings. The van der Waals surface area contributed by atoms with E-state index in [9.17, 15) is 14.4 Å². The number of nitrogens with one attached hydrogen (secondary N) is 3. The van der Waals surface area contributed by atoms with Crippen molar-refractivity contribution in [3.8, 4) is 0 Å². The Morgan fingerprint density at radius 3 is 2.74 bits per heavy atom. The molecule has 0 aliphatic carbocycles. The summed E-state index contributed by atoms with van der Waals surface area (Å²) in [7, 11) is 0. The maximum absolute atomic E-state index is 12.8. The number of carbonyl (C=O) groups is 2. The lowest BCUT2D eigenvalue weighted by molar-refractivity contribution is -0.123. The summed E-state index contributed by atoms with van der Waals surface area (Å²) in [5, 5.41) is 6.18. The molecule has 0 bridgehead atoms. The zero-order valence-corrected chi connectivity index (χ0v) is 18.1. The number of aryl methyl sites for hydroxylation is 1. The molecular weight excluding hydrogens is 436 g/mol. The standard InChI is InChI=1S/C22H19ClN4O3S/c1-12-5-7-13(8-6-12)11-31-22-26-19-18(21(30)27-22)16(10-17(28)25-19)20(29)24-15-4-2-3-14(23)9-15/h2-9,16H,10-11H2,1H3,(H,24,29)(H2,25,26,27,28,30). The molecule has 158 valence electrons. The first-order valence-corrected chi connectivity index (χ1v) is 10.9. The molecule has 0 radical (unpaired) electrons. The minimum atomic E-state index is -0.949. The molecule has 9 heteroatoms. The average molecular weight is 455 g/mol. The normalized spacial score (nSPS) is 15.2. The summed E-state index contributed by atoms with van der Waals surface area (Å²) in [4.78, 5) is 45.0. The van der Waals surface area contributed by atoms with E-state index in [1.807, 2.05) is 31.2 Å². The molecule has 31 heavy (non-hydrogen) atoms. The van der Waals surface area contributed by atoms with Crippen molar-refractivity contribution >= 4 is 46.7 Å². The van der Waals surface area contributed by atoms with E-state index in [1.165, 1.54) is 17.3 Å². The highest BCUT2D eigenvalue weighted by Crippen LogP contribution is 2.31. The third-order valence-electron chi connectivity index (χ3n) is 4.83. The molecule has 0 fully saturated rings. The molecule has 7 nitrogen and oxygen atoms in total. The SMILES string of the molecule is Cc1ccc(CSc2nc3c(c(=O)[nH]2)C(C(=O)Nc2cccc(Cl)c2)CC(=O)N3)cc1. The number of nitrogens with zero attached hydrogens (tertiary/aromatic N) is 1. The van der Waals surface area contributed by atoms with Gasteiger partial charge in [-0.2, -0.15) is 0 Å². The van der Waals surface area contributed by atoms with Crippen LogP contribution in [0.25, 0.3) is 0 Å². The van der Waals surface area contributed by atoms with Crippen molar-refractivity contribution in [3.63, 3.8) is 0 Å². The second-order valence-corrected chi connectivity index (χ2v) is 8.61. The molecule has 0 spiro atoms. The topological polar surface area (TPSA) is 104 Å². The van der Waals surface area contributed by atoms with E-state index in [2.05, 4.69) is 20.6 Å². The fourth-order valence-electron chi connectivity index (χ4n) is 3.27. The first kappa shape index (κ1) is 21.1. The number of amides is 2. The van der Waals surface area contributed by atoms with Gasteiger partial charge in [-0.25, -0.2) is 4.98 Å². The second-order valence-electron chi connectivity index (χ2n) is 7.21. The predicted octanol–water partition coefficient (Wildman–Crippen LogP) is 4.09. The monoisotopic (exact) mass is 454 g/mol. The van der Waals surface area contributed by atoms with Gasteiger partial charge in [-0.1, -0.05) is 59.3 Å². The zero-order chi connectivity index (χ0) is 22.0. The van der Waals surface area contributed by atoms with Crippen LogP contribution in [0.4, 0.5) is 11.5 Å². The summed E-state index contributed by atoms with van der Waals surface area (Å²) in [6.45, 7) is 2.01. The number of aromatic nitrogens is 2. The van der Waals surface area contributed by atoms with E-state index in [0.29, 0.717) is 21.6 Å². The van der Waals surface area contributed by atoms with Crippen molar-refractivity contribution in [2.24, 2.45) is 0 Å². The summed E-state index contributed by atoms with van der Waals surface area (Å²) < 4.78 is 0. The van der Waals surface area contributed by atoms with Crippen LogP contribution in [0.5, 0.6) is 0 Å². The Labute approximate surface area is 187 Å². The van der Waals surface area contributed by atoms with Crippen LogP contribution in [-0.4, -0.2) is 21.8 Å². The Morgan fingerprint density at radius 1 is 1.23 bits per heavy atom. The lowest BCUT2D eigenvalue weighted by atomic mass is 9.92. The quantitative estimate of drug-likeness (QED) is 0.398. The zero-order valence-electron chi connectivity index (χ0n) is 16.6.